The number of benzene rings is 1. The molecular formula is C13H15FN4O2. The normalized spacial score (nSPS) is 10.5. The molecule has 0 aliphatic rings. The molecule has 7 heteroatoms. The second-order valence-electron chi connectivity index (χ2n) is 4.39. The van der Waals surface area contributed by atoms with Gasteiger partial charge in [-0.05, 0) is 12.5 Å². The predicted octanol–water partition coefficient (Wildman–Crippen LogP) is 2.95. The Bertz CT molecular complexity index is 612. The van der Waals surface area contributed by atoms with Gasteiger partial charge in [0.15, 0.2) is 0 Å². The number of nitro groups is 1. The zero-order chi connectivity index (χ0) is 14.5. The summed E-state index contributed by atoms with van der Waals surface area (Å²) >= 11 is 0. The van der Waals surface area contributed by atoms with E-state index in [4.69, 9.17) is 0 Å². The summed E-state index contributed by atoms with van der Waals surface area (Å²) in [6.07, 6.45) is 4.66. The Morgan fingerprint density at radius 1 is 1.50 bits per heavy atom. The van der Waals surface area contributed by atoms with Gasteiger partial charge in [-0.25, -0.2) is 0 Å². The van der Waals surface area contributed by atoms with Gasteiger partial charge in [-0.1, -0.05) is 6.92 Å². The summed E-state index contributed by atoms with van der Waals surface area (Å²) in [6, 6.07) is 3.75. The van der Waals surface area contributed by atoms with Crippen LogP contribution in [0.3, 0.4) is 0 Å². The van der Waals surface area contributed by atoms with Gasteiger partial charge in [-0.15, -0.1) is 0 Å². The van der Waals surface area contributed by atoms with Crippen LogP contribution in [0.2, 0.25) is 0 Å². The summed E-state index contributed by atoms with van der Waals surface area (Å²) in [7, 11) is 0. The van der Waals surface area contributed by atoms with Crippen molar-refractivity contribution >= 4 is 11.4 Å². The van der Waals surface area contributed by atoms with Gasteiger partial charge in [-0.3, -0.25) is 14.8 Å². The molecule has 0 bridgehead atoms. The third kappa shape index (κ3) is 3.31. The van der Waals surface area contributed by atoms with Gasteiger partial charge in [0.2, 0.25) is 5.82 Å². The number of halogens is 1. The standard InChI is InChI=1S/C13H15FN4O2/c1-2-5-17-9-10(8-16-17)7-15-11-3-4-13(18(19)20)12(14)6-11/h3-4,6,8-9,15H,2,5,7H2,1H3. The third-order valence-electron chi connectivity index (χ3n) is 2.78. The van der Waals surface area contributed by atoms with Gasteiger partial charge in [0.25, 0.3) is 0 Å². The van der Waals surface area contributed by atoms with Crippen LogP contribution in [-0.2, 0) is 13.1 Å². The number of rotatable bonds is 6. The van der Waals surface area contributed by atoms with E-state index in [1.807, 2.05) is 10.9 Å². The molecule has 0 saturated heterocycles. The summed E-state index contributed by atoms with van der Waals surface area (Å²) in [5, 5.41) is 17.7. The van der Waals surface area contributed by atoms with E-state index in [9.17, 15) is 14.5 Å². The molecule has 2 aromatic rings. The van der Waals surface area contributed by atoms with Crippen LogP contribution in [0.1, 0.15) is 18.9 Å². The lowest BCUT2D eigenvalue weighted by Crippen LogP contribution is -2.00. The minimum absolute atomic E-state index is 0.487. The highest BCUT2D eigenvalue weighted by atomic mass is 19.1. The van der Waals surface area contributed by atoms with Crippen LogP contribution in [0.5, 0.6) is 0 Å². The van der Waals surface area contributed by atoms with Crippen LogP contribution in [0.15, 0.2) is 30.6 Å². The zero-order valence-corrected chi connectivity index (χ0v) is 11.0. The van der Waals surface area contributed by atoms with Gasteiger partial charge in [-0.2, -0.15) is 9.49 Å². The number of aryl methyl sites for hydroxylation is 1. The zero-order valence-electron chi connectivity index (χ0n) is 11.0. The Hall–Kier alpha value is -2.44. The largest absolute Gasteiger partial charge is 0.381 e. The average molecular weight is 278 g/mol. The fraction of sp³-hybridized carbons (Fsp3) is 0.308. The fourth-order valence-electron chi connectivity index (χ4n) is 1.82. The average Bonchev–Trinajstić information content (AvgIpc) is 2.84. The SMILES string of the molecule is CCCn1cc(CNc2ccc([N+](=O)[O-])c(F)c2)cn1. The van der Waals surface area contributed by atoms with Gasteiger partial charge in [0.1, 0.15) is 0 Å². The molecule has 1 aromatic heterocycles. The van der Waals surface area contributed by atoms with Crippen molar-refractivity contribution in [2.45, 2.75) is 26.4 Å². The van der Waals surface area contributed by atoms with Crippen molar-refractivity contribution in [3.8, 4) is 0 Å². The van der Waals surface area contributed by atoms with E-state index in [1.165, 1.54) is 6.07 Å². The van der Waals surface area contributed by atoms with E-state index in [0.29, 0.717) is 12.2 Å². The summed E-state index contributed by atoms with van der Waals surface area (Å²) in [6.45, 7) is 3.41. The van der Waals surface area contributed by atoms with Crippen molar-refractivity contribution in [1.82, 2.24) is 9.78 Å². The molecule has 6 nitrogen and oxygen atoms in total. The first-order valence-electron chi connectivity index (χ1n) is 6.29. The minimum atomic E-state index is -0.846. The number of nitrogens with one attached hydrogen (secondary N) is 1. The Morgan fingerprint density at radius 3 is 2.95 bits per heavy atom. The van der Waals surface area contributed by atoms with Crippen molar-refractivity contribution in [1.29, 1.82) is 0 Å². The van der Waals surface area contributed by atoms with Gasteiger partial charge in [0.05, 0.1) is 11.1 Å². The molecule has 0 aliphatic heterocycles. The fourth-order valence-corrected chi connectivity index (χ4v) is 1.82. The number of anilines is 1. The van der Waals surface area contributed by atoms with Crippen molar-refractivity contribution in [3.05, 3.63) is 52.1 Å². The van der Waals surface area contributed by atoms with Gasteiger partial charge >= 0.3 is 5.69 Å². The van der Waals surface area contributed by atoms with E-state index < -0.39 is 16.4 Å². The van der Waals surface area contributed by atoms with Crippen LogP contribution >= 0.6 is 0 Å². The predicted molar refractivity (Wildman–Crippen MR) is 72.9 cm³/mol. The lowest BCUT2D eigenvalue weighted by Gasteiger charge is -2.04. The second-order valence-corrected chi connectivity index (χ2v) is 4.39. The maximum Gasteiger partial charge on any atom is 0.304 e. The molecule has 106 valence electrons. The van der Waals surface area contributed by atoms with Gasteiger partial charge < -0.3 is 5.32 Å². The molecule has 0 spiro atoms. The summed E-state index contributed by atoms with van der Waals surface area (Å²) < 4.78 is 15.3. The maximum atomic E-state index is 13.4. The smallest absolute Gasteiger partial charge is 0.304 e. The molecule has 0 saturated carbocycles. The van der Waals surface area contributed by atoms with Crippen LogP contribution in [0.4, 0.5) is 15.8 Å². The molecular weight excluding hydrogens is 263 g/mol. The highest BCUT2D eigenvalue weighted by Crippen LogP contribution is 2.21. The van der Waals surface area contributed by atoms with Crippen molar-refractivity contribution < 1.29 is 9.31 Å². The van der Waals surface area contributed by atoms with Crippen molar-refractivity contribution in [2.24, 2.45) is 0 Å². The van der Waals surface area contributed by atoms with Crippen LogP contribution < -0.4 is 5.32 Å². The highest BCUT2D eigenvalue weighted by molar-refractivity contribution is 5.49. The first-order chi connectivity index (χ1) is 9.60. The molecule has 1 heterocycles. The monoisotopic (exact) mass is 278 g/mol. The van der Waals surface area contributed by atoms with E-state index in [0.717, 1.165) is 30.7 Å². The first kappa shape index (κ1) is 14.0. The molecule has 0 amide bonds. The molecule has 0 radical (unpaired) electrons. The summed E-state index contributed by atoms with van der Waals surface area (Å²) in [5.41, 5.74) is 0.944. The molecule has 0 aliphatic carbocycles. The summed E-state index contributed by atoms with van der Waals surface area (Å²) in [4.78, 5) is 9.77. The van der Waals surface area contributed by atoms with Crippen LogP contribution in [-0.4, -0.2) is 14.7 Å². The lowest BCUT2D eigenvalue weighted by molar-refractivity contribution is -0.387. The topological polar surface area (TPSA) is 73.0 Å². The molecule has 1 aromatic carbocycles. The van der Waals surface area contributed by atoms with Crippen molar-refractivity contribution in [3.63, 3.8) is 0 Å². The second kappa shape index (κ2) is 6.14. The number of hydrogen-bond acceptors (Lipinski definition) is 4. The molecule has 0 fully saturated rings. The Balaban J connectivity index is 1.99. The summed E-state index contributed by atoms with van der Waals surface area (Å²) in [5.74, 6) is -0.846. The maximum absolute atomic E-state index is 13.4. The first-order valence-corrected chi connectivity index (χ1v) is 6.29. The van der Waals surface area contributed by atoms with Crippen LogP contribution in [0.25, 0.3) is 0 Å². The van der Waals surface area contributed by atoms with E-state index in [1.54, 1.807) is 6.20 Å². The van der Waals surface area contributed by atoms with E-state index in [2.05, 4.69) is 17.3 Å². The Kier molecular flexibility index (Phi) is 4.29. The molecule has 1 N–H and O–H groups in total. The number of aromatic nitrogens is 2. The number of nitro benzene ring substituents is 1. The van der Waals surface area contributed by atoms with Crippen LogP contribution in [0, 0.1) is 15.9 Å². The minimum Gasteiger partial charge on any atom is -0.381 e. The van der Waals surface area contributed by atoms with E-state index >= 15 is 0 Å². The van der Waals surface area contributed by atoms with Gasteiger partial charge in [0, 0.05) is 42.7 Å². The Morgan fingerprint density at radius 2 is 2.30 bits per heavy atom. The quantitative estimate of drug-likeness (QED) is 0.651. The molecule has 0 unspecified atom stereocenters. The Labute approximate surface area is 115 Å². The molecule has 0 atom stereocenters. The third-order valence-corrected chi connectivity index (χ3v) is 2.78. The lowest BCUT2D eigenvalue weighted by atomic mass is 10.2. The van der Waals surface area contributed by atoms with E-state index in [-0.39, 0.29) is 0 Å². The van der Waals surface area contributed by atoms with Crippen molar-refractivity contribution in [2.75, 3.05) is 5.32 Å². The molecule has 2 rings (SSSR count). The number of hydrogen-bond donors (Lipinski definition) is 1. The molecule has 20 heavy (non-hydrogen) atoms. The number of nitrogens with zero attached hydrogens (tertiary/aromatic N) is 3. The highest BCUT2D eigenvalue weighted by Gasteiger charge is 2.13.